The molecule has 0 unspecified atom stereocenters. The van der Waals surface area contributed by atoms with E-state index in [2.05, 4.69) is 38.1 Å². The molecule has 0 bridgehead atoms. The van der Waals surface area contributed by atoms with E-state index in [4.69, 9.17) is 10.5 Å². The molecule has 1 aromatic carbocycles. The summed E-state index contributed by atoms with van der Waals surface area (Å²) < 4.78 is 6.60. The fraction of sp³-hybridized carbons (Fsp3) is 0.231. The van der Waals surface area contributed by atoms with Gasteiger partial charge in [-0.25, -0.2) is 0 Å². The summed E-state index contributed by atoms with van der Waals surface area (Å²) in [6.45, 7) is 2.91. The lowest BCUT2D eigenvalue weighted by Gasteiger charge is -2.08. The van der Waals surface area contributed by atoms with Crippen LogP contribution in [-0.4, -0.2) is 16.5 Å². The van der Waals surface area contributed by atoms with Crippen molar-refractivity contribution in [1.82, 2.24) is 9.97 Å². The number of hydrogen-bond acceptors (Lipinski definition) is 5. The number of benzene rings is 1. The van der Waals surface area contributed by atoms with Gasteiger partial charge in [0.1, 0.15) is 11.6 Å². The summed E-state index contributed by atoms with van der Waals surface area (Å²) in [5.74, 6) is 1.96. The molecule has 0 aliphatic rings. The zero-order chi connectivity index (χ0) is 13.7. The highest BCUT2D eigenvalue weighted by molar-refractivity contribution is 9.10. The Bertz CT molecular complexity index is 562. The molecule has 0 saturated carbocycles. The summed E-state index contributed by atoms with van der Waals surface area (Å²) in [7, 11) is 0. The topological polar surface area (TPSA) is 73.1 Å². The highest BCUT2D eigenvalue weighted by atomic mass is 79.9. The minimum Gasteiger partial charge on any atom is -0.439 e. The van der Waals surface area contributed by atoms with Crippen molar-refractivity contribution in [2.24, 2.45) is 0 Å². The number of nitrogens with one attached hydrogen (secondary N) is 1. The van der Waals surface area contributed by atoms with Gasteiger partial charge in [-0.05, 0) is 24.6 Å². The van der Waals surface area contributed by atoms with Crippen LogP contribution in [0.5, 0.6) is 11.6 Å². The van der Waals surface area contributed by atoms with Crippen LogP contribution >= 0.6 is 15.9 Å². The van der Waals surface area contributed by atoms with E-state index in [-0.39, 0.29) is 5.95 Å². The Morgan fingerprint density at radius 3 is 2.89 bits per heavy atom. The maximum Gasteiger partial charge on any atom is 0.226 e. The Hall–Kier alpha value is -1.82. The minimum absolute atomic E-state index is 0.186. The minimum atomic E-state index is 0.186. The number of ether oxygens (including phenoxy) is 1. The fourth-order valence-electron chi connectivity index (χ4n) is 1.49. The molecule has 0 radical (unpaired) electrons. The third-order valence-corrected chi connectivity index (χ3v) is 2.79. The maximum absolute atomic E-state index is 5.66. The molecule has 0 aliphatic heterocycles. The summed E-state index contributed by atoms with van der Waals surface area (Å²) in [4.78, 5) is 8.15. The Morgan fingerprint density at radius 2 is 2.16 bits per heavy atom. The molecule has 2 aromatic rings. The van der Waals surface area contributed by atoms with Crippen LogP contribution in [0.2, 0.25) is 0 Å². The number of nitrogens with zero attached hydrogens (tertiary/aromatic N) is 2. The van der Waals surface area contributed by atoms with Gasteiger partial charge in [-0.15, -0.1) is 0 Å². The standard InChI is InChI=1S/C13H15BrN4O/c1-2-6-16-11-8-12(18-13(15)17-11)19-10-5-3-4-9(14)7-10/h3-5,7-8H,2,6H2,1H3,(H3,15,16,17,18). The van der Waals surface area contributed by atoms with Gasteiger partial charge in [0.2, 0.25) is 11.8 Å². The molecule has 0 aliphatic carbocycles. The zero-order valence-electron chi connectivity index (χ0n) is 10.6. The number of anilines is 2. The van der Waals surface area contributed by atoms with E-state index in [1.807, 2.05) is 24.3 Å². The normalized spacial score (nSPS) is 10.2. The van der Waals surface area contributed by atoms with E-state index in [1.54, 1.807) is 6.07 Å². The van der Waals surface area contributed by atoms with Gasteiger partial charge in [0.15, 0.2) is 0 Å². The molecule has 1 heterocycles. The Labute approximate surface area is 120 Å². The summed E-state index contributed by atoms with van der Waals surface area (Å²) in [6, 6.07) is 9.25. The molecular weight excluding hydrogens is 308 g/mol. The average molecular weight is 323 g/mol. The van der Waals surface area contributed by atoms with Crippen LogP contribution in [0, 0.1) is 0 Å². The quantitative estimate of drug-likeness (QED) is 0.882. The van der Waals surface area contributed by atoms with Gasteiger partial charge < -0.3 is 15.8 Å². The molecule has 5 nitrogen and oxygen atoms in total. The van der Waals surface area contributed by atoms with Crippen molar-refractivity contribution in [1.29, 1.82) is 0 Å². The SMILES string of the molecule is CCCNc1cc(Oc2cccc(Br)c2)nc(N)n1. The number of rotatable bonds is 5. The van der Waals surface area contributed by atoms with E-state index in [0.29, 0.717) is 17.4 Å². The average Bonchev–Trinajstić information content (AvgIpc) is 2.35. The van der Waals surface area contributed by atoms with Crippen LogP contribution in [-0.2, 0) is 0 Å². The molecule has 19 heavy (non-hydrogen) atoms. The van der Waals surface area contributed by atoms with Gasteiger partial charge in [-0.3, -0.25) is 0 Å². The first-order valence-corrected chi connectivity index (χ1v) is 6.78. The smallest absolute Gasteiger partial charge is 0.226 e. The van der Waals surface area contributed by atoms with Crippen molar-refractivity contribution >= 4 is 27.7 Å². The van der Waals surface area contributed by atoms with Crippen molar-refractivity contribution in [3.8, 4) is 11.6 Å². The predicted octanol–water partition coefficient (Wildman–Crippen LogP) is 3.44. The van der Waals surface area contributed by atoms with E-state index >= 15 is 0 Å². The fourth-order valence-corrected chi connectivity index (χ4v) is 1.87. The van der Waals surface area contributed by atoms with Gasteiger partial charge >= 0.3 is 0 Å². The lowest BCUT2D eigenvalue weighted by atomic mass is 10.3. The van der Waals surface area contributed by atoms with Crippen molar-refractivity contribution in [3.63, 3.8) is 0 Å². The van der Waals surface area contributed by atoms with Crippen molar-refractivity contribution in [3.05, 3.63) is 34.8 Å². The van der Waals surface area contributed by atoms with Crippen molar-refractivity contribution in [2.45, 2.75) is 13.3 Å². The van der Waals surface area contributed by atoms with Crippen molar-refractivity contribution in [2.75, 3.05) is 17.6 Å². The predicted molar refractivity (Wildman–Crippen MR) is 79.4 cm³/mol. The number of hydrogen-bond donors (Lipinski definition) is 2. The highest BCUT2D eigenvalue weighted by Crippen LogP contribution is 2.24. The first-order valence-electron chi connectivity index (χ1n) is 5.99. The van der Waals surface area contributed by atoms with Crippen LogP contribution in [0.3, 0.4) is 0 Å². The second-order valence-electron chi connectivity index (χ2n) is 3.94. The zero-order valence-corrected chi connectivity index (χ0v) is 12.1. The van der Waals surface area contributed by atoms with Gasteiger partial charge in [0, 0.05) is 17.1 Å². The third-order valence-electron chi connectivity index (χ3n) is 2.29. The molecular formula is C13H15BrN4O. The third kappa shape index (κ3) is 4.10. The molecule has 0 fully saturated rings. The summed E-state index contributed by atoms with van der Waals surface area (Å²) >= 11 is 3.39. The summed E-state index contributed by atoms with van der Waals surface area (Å²) in [6.07, 6.45) is 1.01. The molecule has 6 heteroatoms. The first-order chi connectivity index (χ1) is 9.17. The number of halogens is 1. The highest BCUT2D eigenvalue weighted by Gasteiger charge is 2.04. The van der Waals surface area contributed by atoms with E-state index in [0.717, 1.165) is 17.4 Å². The first kappa shape index (κ1) is 13.6. The second kappa shape index (κ2) is 6.38. The van der Waals surface area contributed by atoms with Gasteiger partial charge in [-0.1, -0.05) is 28.9 Å². The molecule has 2 rings (SSSR count). The molecule has 0 spiro atoms. The molecule has 0 saturated heterocycles. The largest absolute Gasteiger partial charge is 0.439 e. The van der Waals surface area contributed by atoms with Crippen LogP contribution in [0.25, 0.3) is 0 Å². The van der Waals surface area contributed by atoms with Gasteiger partial charge in [0.25, 0.3) is 0 Å². The van der Waals surface area contributed by atoms with E-state index < -0.39 is 0 Å². The number of aromatic nitrogens is 2. The van der Waals surface area contributed by atoms with Crippen LogP contribution in [0.1, 0.15) is 13.3 Å². The molecule has 1 aromatic heterocycles. The second-order valence-corrected chi connectivity index (χ2v) is 4.85. The Morgan fingerprint density at radius 1 is 1.32 bits per heavy atom. The maximum atomic E-state index is 5.66. The van der Waals surface area contributed by atoms with Crippen molar-refractivity contribution < 1.29 is 4.74 Å². The lowest BCUT2D eigenvalue weighted by molar-refractivity contribution is 0.462. The molecule has 0 amide bonds. The Balaban J connectivity index is 2.17. The molecule has 0 atom stereocenters. The van der Waals surface area contributed by atoms with E-state index in [9.17, 15) is 0 Å². The number of nitrogen functional groups attached to an aromatic ring is 1. The van der Waals surface area contributed by atoms with Crippen LogP contribution in [0.4, 0.5) is 11.8 Å². The molecule has 3 N–H and O–H groups in total. The van der Waals surface area contributed by atoms with Crippen LogP contribution in [0.15, 0.2) is 34.8 Å². The summed E-state index contributed by atoms with van der Waals surface area (Å²) in [5, 5.41) is 3.15. The van der Waals surface area contributed by atoms with Gasteiger partial charge in [-0.2, -0.15) is 9.97 Å². The number of nitrogens with two attached hydrogens (primary N) is 1. The monoisotopic (exact) mass is 322 g/mol. The Kier molecular flexibility index (Phi) is 4.57. The van der Waals surface area contributed by atoms with Gasteiger partial charge in [0.05, 0.1) is 0 Å². The van der Waals surface area contributed by atoms with Crippen LogP contribution < -0.4 is 15.8 Å². The lowest BCUT2D eigenvalue weighted by Crippen LogP contribution is -2.05. The summed E-state index contributed by atoms with van der Waals surface area (Å²) in [5.41, 5.74) is 5.66. The molecule has 100 valence electrons. The van der Waals surface area contributed by atoms with E-state index in [1.165, 1.54) is 0 Å².